The third kappa shape index (κ3) is 4.91. The summed E-state index contributed by atoms with van der Waals surface area (Å²) in [5.41, 5.74) is 0.646. The van der Waals surface area contributed by atoms with Crippen LogP contribution in [0.1, 0.15) is 39.5 Å². The lowest BCUT2D eigenvalue weighted by atomic mass is 9.71. The first-order valence-corrected chi connectivity index (χ1v) is 14.5. The highest BCUT2D eigenvalue weighted by molar-refractivity contribution is 8.02. The Kier molecular flexibility index (Phi) is 8.95. The monoisotopic (exact) mass is 560 g/mol. The molecule has 2 amide bonds. The lowest BCUT2D eigenvalue weighted by molar-refractivity contribution is -0.154. The SMILES string of the molecule is C=CCCCOC(=O)[C@@H]1[C@@H]2CCC3(S2)C(C(=O)N(CC=C)c2ccc(Cl)cc2)N([C@@H](CO)C(C)C)C(=O)[C@H]13. The molecule has 3 fully saturated rings. The van der Waals surface area contributed by atoms with E-state index in [9.17, 15) is 19.5 Å². The van der Waals surface area contributed by atoms with Gasteiger partial charge < -0.3 is 19.6 Å². The summed E-state index contributed by atoms with van der Waals surface area (Å²) in [7, 11) is 0. The van der Waals surface area contributed by atoms with Crippen molar-refractivity contribution >= 4 is 46.8 Å². The van der Waals surface area contributed by atoms with Crippen LogP contribution in [0.2, 0.25) is 5.02 Å². The number of unbranched alkanes of at least 4 members (excludes halogenated alkanes) is 1. The number of fused-ring (bicyclic) bond motifs is 1. The Morgan fingerprint density at radius 1 is 1.29 bits per heavy atom. The van der Waals surface area contributed by atoms with Crippen LogP contribution in [-0.4, -0.2) is 69.6 Å². The number of rotatable bonds is 12. The van der Waals surface area contributed by atoms with E-state index < -0.39 is 28.7 Å². The summed E-state index contributed by atoms with van der Waals surface area (Å²) in [6.07, 6.45) is 6.22. The lowest BCUT2D eigenvalue weighted by Crippen LogP contribution is -2.58. The van der Waals surface area contributed by atoms with Crippen molar-refractivity contribution in [3.05, 3.63) is 54.6 Å². The van der Waals surface area contributed by atoms with Gasteiger partial charge in [0, 0.05) is 22.5 Å². The van der Waals surface area contributed by atoms with Gasteiger partial charge in [0.25, 0.3) is 5.91 Å². The van der Waals surface area contributed by atoms with Crippen molar-refractivity contribution in [3.63, 3.8) is 0 Å². The molecule has 1 aromatic rings. The number of benzene rings is 1. The quantitative estimate of drug-likeness (QED) is 0.230. The Hall–Kier alpha value is -2.29. The molecule has 1 aromatic carbocycles. The summed E-state index contributed by atoms with van der Waals surface area (Å²) >= 11 is 7.69. The second kappa shape index (κ2) is 11.8. The molecule has 1 N–H and O–H groups in total. The number of anilines is 1. The zero-order valence-corrected chi connectivity index (χ0v) is 23.6. The summed E-state index contributed by atoms with van der Waals surface area (Å²) in [5.74, 6) is -2.23. The average molecular weight is 561 g/mol. The van der Waals surface area contributed by atoms with Gasteiger partial charge in [-0.25, -0.2) is 0 Å². The van der Waals surface area contributed by atoms with Crippen LogP contribution in [0.3, 0.4) is 0 Å². The van der Waals surface area contributed by atoms with E-state index in [1.54, 1.807) is 58.0 Å². The third-order valence-corrected chi connectivity index (χ3v) is 10.3. The molecule has 6 atom stereocenters. The van der Waals surface area contributed by atoms with Crippen molar-refractivity contribution in [2.75, 3.05) is 24.7 Å². The number of allylic oxidation sites excluding steroid dienone is 1. The number of likely N-dealkylation sites (tertiary alicyclic amines) is 1. The van der Waals surface area contributed by atoms with Crippen LogP contribution in [0.5, 0.6) is 0 Å². The minimum absolute atomic E-state index is 0.0803. The second-order valence-corrected chi connectivity index (χ2v) is 12.6. The van der Waals surface area contributed by atoms with Crippen molar-refractivity contribution in [1.29, 1.82) is 0 Å². The molecule has 38 heavy (non-hydrogen) atoms. The number of esters is 1. The number of aliphatic hydroxyl groups excluding tert-OH is 1. The summed E-state index contributed by atoms with van der Waals surface area (Å²) in [6, 6.07) is 5.60. The van der Waals surface area contributed by atoms with Crippen LogP contribution >= 0.6 is 23.4 Å². The third-order valence-electron chi connectivity index (χ3n) is 8.07. The summed E-state index contributed by atoms with van der Waals surface area (Å²) in [5, 5.41) is 10.9. The van der Waals surface area contributed by atoms with Crippen LogP contribution in [0, 0.1) is 17.8 Å². The van der Waals surface area contributed by atoms with Gasteiger partial charge in [-0.05, 0) is 55.9 Å². The van der Waals surface area contributed by atoms with Crippen molar-refractivity contribution < 1.29 is 24.2 Å². The first-order valence-electron chi connectivity index (χ1n) is 13.3. The number of hydrogen-bond donors (Lipinski definition) is 1. The van der Waals surface area contributed by atoms with E-state index in [1.165, 1.54) is 0 Å². The van der Waals surface area contributed by atoms with E-state index in [4.69, 9.17) is 16.3 Å². The Morgan fingerprint density at radius 3 is 2.61 bits per heavy atom. The molecular formula is C29H37ClN2O5S. The smallest absolute Gasteiger partial charge is 0.310 e. The maximum Gasteiger partial charge on any atom is 0.310 e. The molecule has 3 aliphatic rings. The van der Waals surface area contributed by atoms with Crippen LogP contribution in [0.25, 0.3) is 0 Å². The zero-order chi connectivity index (χ0) is 27.6. The van der Waals surface area contributed by atoms with Crippen LogP contribution in [-0.2, 0) is 19.1 Å². The number of thioether (sulfide) groups is 1. The minimum atomic E-state index is -0.830. The molecule has 7 nitrogen and oxygen atoms in total. The van der Waals surface area contributed by atoms with E-state index in [-0.39, 0.29) is 48.7 Å². The van der Waals surface area contributed by atoms with Crippen molar-refractivity contribution in [2.45, 2.75) is 61.6 Å². The van der Waals surface area contributed by atoms with Crippen molar-refractivity contribution in [2.24, 2.45) is 17.8 Å². The minimum Gasteiger partial charge on any atom is -0.465 e. The Balaban J connectivity index is 1.75. The topological polar surface area (TPSA) is 87.2 Å². The highest BCUT2D eigenvalue weighted by Gasteiger charge is 2.75. The van der Waals surface area contributed by atoms with Crippen LogP contribution in [0.4, 0.5) is 5.69 Å². The Labute approximate surface area is 234 Å². The molecule has 0 radical (unpaired) electrons. The molecule has 0 saturated carbocycles. The number of carbonyl (C=O) groups excluding carboxylic acids is 3. The molecule has 3 saturated heterocycles. The largest absolute Gasteiger partial charge is 0.465 e. The van der Waals surface area contributed by atoms with E-state index in [0.717, 1.165) is 12.8 Å². The molecule has 206 valence electrons. The molecule has 4 rings (SSSR count). The van der Waals surface area contributed by atoms with Gasteiger partial charge in [0.1, 0.15) is 6.04 Å². The zero-order valence-electron chi connectivity index (χ0n) is 22.1. The van der Waals surface area contributed by atoms with E-state index in [2.05, 4.69) is 13.2 Å². The fraction of sp³-hybridized carbons (Fsp3) is 0.552. The summed E-state index contributed by atoms with van der Waals surface area (Å²) in [6.45, 7) is 11.6. The number of hydrogen-bond acceptors (Lipinski definition) is 6. The predicted octanol–water partition coefficient (Wildman–Crippen LogP) is 4.48. The van der Waals surface area contributed by atoms with Crippen LogP contribution in [0.15, 0.2) is 49.6 Å². The van der Waals surface area contributed by atoms with Gasteiger partial charge >= 0.3 is 5.97 Å². The highest BCUT2D eigenvalue weighted by atomic mass is 35.5. The standard InChI is InChI=1S/C29H37ClN2O5S/c1-5-7-8-16-37-28(36)23-22-13-14-29(38-22)24(23)26(34)32(21(17-33)18(3)4)25(29)27(35)31(15-6-2)20-11-9-19(30)10-12-20/h5-6,9-12,18,21-25,33H,1-2,7-8,13-17H2,3-4H3/t21-,22-,23+,24-,25?,29?/m0/s1. The average Bonchev–Trinajstić information content (AvgIpc) is 3.53. The van der Waals surface area contributed by atoms with Crippen molar-refractivity contribution in [3.8, 4) is 0 Å². The van der Waals surface area contributed by atoms with Gasteiger partial charge in [0.05, 0.1) is 35.8 Å². The predicted molar refractivity (Wildman–Crippen MR) is 151 cm³/mol. The number of halogens is 1. The first-order chi connectivity index (χ1) is 18.2. The van der Waals surface area contributed by atoms with E-state index >= 15 is 0 Å². The fourth-order valence-electron chi connectivity index (χ4n) is 6.33. The number of aliphatic hydroxyl groups is 1. The van der Waals surface area contributed by atoms with Gasteiger partial charge in [-0.3, -0.25) is 14.4 Å². The number of nitrogens with zero attached hydrogens (tertiary/aromatic N) is 2. The maximum absolute atomic E-state index is 14.5. The number of amides is 2. The van der Waals surface area contributed by atoms with Gasteiger partial charge in [-0.15, -0.1) is 24.9 Å². The van der Waals surface area contributed by atoms with Gasteiger partial charge in [-0.1, -0.05) is 37.6 Å². The lowest BCUT2D eigenvalue weighted by Gasteiger charge is -2.40. The number of ether oxygens (including phenoxy) is 1. The van der Waals surface area contributed by atoms with Gasteiger partial charge in [-0.2, -0.15) is 0 Å². The molecule has 9 heteroatoms. The van der Waals surface area contributed by atoms with Gasteiger partial charge in [0.15, 0.2) is 0 Å². The van der Waals surface area contributed by atoms with Crippen LogP contribution < -0.4 is 4.90 Å². The maximum atomic E-state index is 14.5. The van der Waals surface area contributed by atoms with E-state index in [0.29, 0.717) is 23.6 Å². The molecule has 3 aliphatic heterocycles. The molecule has 0 aromatic heterocycles. The molecule has 2 bridgehead atoms. The van der Waals surface area contributed by atoms with Crippen molar-refractivity contribution in [1.82, 2.24) is 4.90 Å². The molecule has 1 spiro atoms. The Bertz CT molecular complexity index is 1080. The molecule has 3 heterocycles. The fourth-order valence-corrected chi connectivity index (χ4v) is 8.65. The second-order valence-electron chi connectivity index (χ2n) is 10.6. The Morgan fingerprint density at radius 2 is 2.00 bits per heavy atom. The van der Waals surface area contributed by atoms with E-state index in [1.807, 2.05) is 13.8 Å². The normalized spacial score (nSPS) is 28.3. The molecule has 0 aliphatic carbocycles. The molecule has 2 unspecified atom stereocenters. The van der Waals surface area contributed by atoms with Gasteiger partial charge in [0.2, 0.25) is 5.91 Å². The first kappa shape index (κ1) is 28.7. The highest BCUT2D eigenvalue weighted by Crippen LogP contribution is 2.67. The number of carbonyl (C=O) groups is 3. The molecular weight excluding hydrogens is 524 g/mol. The summed E-state index contributed by atoms with van der Waals surface area (Å²) in [4.78, 5) is 45.3. The summed E-state index contributed by atoms with van der Waals surface area (Å²) < 4.78 is 4.86.